The van der Waals surface area contributed by atoms with Crippen molar-refractivity contribution in [3.63, 3.8) is 0 Å². The molecule has 84 valence electrons. The number of likely N-dealkylation sites (N-methyl/N-ethyl adjacent to an activating group) is 1. The number of rotatable bonds is 1. The lowest BCUT2D eigenvalue weighted by molar-refractivity contribution is 0.118. The van der Waals surface area contributed by atoms with Crippen molar-refractivity contribution in [1.82, 2.24) is 9.80 Å². The average Bonchev–Trinajstić information content (AvgIpc) is 2.70. The molecule has 2 fully saturated rings. The zero-order valence-corrected chi connectivity index (χ0v) is 9.78. The van der Waals surface area contributed by atoms with E-state index in [-0.39, 0.29) is 0 Å². The van der Waals surface area contributed by atoms with Crippen LogP contribution >= 0.6 is 0 Å². The predicted molar refractivity (Wildman–Crippen MR) is 62.7 cm³/mol. The number of likely N-dealkylation sites (tertiary alicyclic amines) is 1. The van der Waals surface area contributed by atoms with Crippen LogP contribution in [0.3, 0.4) is 0 Å². The number of hydrogen-bond donors (Lipinski definition) is 0. The molecule has 3 rings (SSSR count). The minimum absolute atomic E-state index is 0.744. The SMILES string of the molecule is CN1C2C=C(N3CCCC3)CC1CCC2. The summed E-state index contributed by atoms with van der Waals surface area (Å²) >= 11 is 0. The Bertz CT molecular complexity index is 266. The maximum Gasteiger partial charge on any atom is 0.0297 e. The highest BCUT2D eigenvalue weighted by atomic mass is 15.2. The van der Waals surface area contributed by atoms with Gasteiger partial charge in [-0.25, -0.2) is 0 Å². The van der Waals surface area contributed by atoms with Gasteiger partial charge in [0.05, 0.1) is 0 Å². The molecule has 0 N–H and O–H groups in total. The van der Waals surface area contributed by atoms with Crippen LogP contribution in [0.2, 0.25) is 0 Å². The Morgan fingerprint density at radius 1 is 1.13 bits per heavy atom. The topological polar surface area (TPSA) is 6.48 Å². The van der Waals surface area contributed by atoms with Crippen molar-refractivity contribution >= 4 is 0 Å². The maximum atomic E-state index is 2.64. The highest BCUT2D eigenvalue weighted by molar-refractivity contribution is 5.15. The Kier molecular flexibility index (Phi) is 2.47. The first-order valence-electron chi connectivity index (χ1n) is 6.52. The van der Waals surface area contributed by atoms with E-state index in [0.29, 0.717) is 0 Å². The van der Waals surface area contributed by atoms with Crippen molar-refractivity contribution in [2.45, 2.75) is 50.6 Å². The number of hydrogen-bond acceptors (Lipinski definition) is 2. The van der Waals surface area contributed by atoms with Crippen LogP contribution in [0, 0.1) is 0 Å². The fourth-order valence-corrected chi connectivity index (χ4v) is 3.46. The molecule has 0 aliphatic carbocycles. The standard InChI is InChI=1S/C13H22N2/c1-14-11-5-4-6-12(14)10-13(9-11)15-7-2-3-8-15/h9,11-12H,2-8,10H2,1H3. The van der Waals surface area contributed by atoms with Gasteiger partial charge in [-0.3, -0.25) is 4.90 Å². The molecule has 3 aliphatic heterocycles. The molecule has 0 radical (unpaired) electrons. The van der Waals surface area contributed by atoms with E-state index in [4.69, 9.17) is 0 Å². The first-order chi connectivity index (χ1) is 7.34. The summed E-state index contributed by atoms with van der Waals surface area (Å²) in [5, 5.41) is 0. The Morgan fingerprint density at radius 3 is 2.67 bits per heavy atom. The molecule has 2 atom stereocenters. The van der Waals surface area contributed by atoms with Gasteiger partial charge in [-0.2, -0.15) is 0 Å². The lowest BCUT2D eigenvalue weighted by Crippen LogP contribution is -2.47. The molecular formula is C13H22N2. The van der Waals surface area contributed by atoms with E-state index in [1.807, 2.05) is 0 Å². The lowest BCUT2D eigenvalue weighted by atomic mass is 9.88. The first kappa shape index (κ1) is 9.71. The van der Waals surface area contributed by atoms with Gasteiger partial charge in [0.2, 0.25) is 0 Å². The number of nitrogens with zero attached hydrogens (tertiary/aromatic N) is 2. The third-order valence-corrected chi connectivity index (χ3v) is 4.48. The van der Waals surface area contributed by atoms with E-state index in [1.165, 1.54) is 51.6 Å². The molecule has 2 bridgehead atoms. The summed E-state index contributed by atoms with van der Waals surface area (Å²) in [5.41, 5.74) is 1.67. The molecule has 2 heteroatoms. The summed E-state index contributed by atoms with van der Waals surface area (Å²) in [6.07, 6.45) is 10.9. The van der Waals surface area contributed by atoms with E-state index in [1.54, 1.807) is 5.70 Å². The first-order valence-corrected chi connectivity index (χ1v) is 6.52. The molecule has 0 spiro atoms. The zero-order chi connectivity index (χ0) is 10.3. The summed E-state index contributed by atoms with van der Waals surface area (Å²) in [6.45, 7) is 2.63. The number of fused-ring (bicyclic) bond motifs is 2. The van der Waals surface area contributed by atoms with Crippen LogP contribution in [0.4, 0.5) is 0 Å². The molecule has 2 saturated heterocycles. The largest absolute Gasteiger partial charge is 0.375 e. The molecule has 3 aliphatic rings. The molecule has 0 aromatic carbocycles. The molecule has 2 unspecified atom stereocenters. The van der Waals surface area contributed by atoms with Crippen LogP contribution in [-0.2, 0) is 0 Å². The van der Waals surface area contributed by atoms with Gasteiger partial charge >= 0.3 is 0 Å². The van der Waals surface area contributed by atoms with Gasteiger partial charge in [-0.1, -0.05) is 6.42 Å². The summed E-state index contributed by atoms with van der Waals surface area (Å²) in [7, 11) is 2.31. The molecule has 0 amide bonds. The van der Waals surface area contributed by atoms with Crippen molar-refractivity contribution in [3.05, 3.63) is 11.8 Å². The highest BCUT2D eigenvalue weighted by Gasteiger charge is 2.32. The summed E-state index contributed by atoms with van der Waals surface area (Å²) in [6, 6.07) is 1.58. The lowest BCUT2D eigenvalue weighted by Gasteiger charge is -2.44. The van der Waals surface area contributed by atoms with Gasteiger partial charge in [0.25, 0.3) is 0 Å². The Labute approximate surface area is 92.9 Å². The highest BCUT2D eigenvalue weighted by Crippen LogP contribution is 2.34. The predicted octanol–water partition coefficient (Wildman–Crippen LogP) is 2.22. The monoisotopic (exact) mass is 206 g/mol. The molecule has 0 aromatic heterocycles. The van der Waals surface area contributed by atoms with E-state index < -0.39 is 0 Å². The average molecular weight is 206 g/mol. The van der Waals surface area contributed by atoms with Crippen LogP contribution in [0.25, 0.3) is 0 Å². The van der Waals surface area contributed by atoms with Gasteiger partial charge in [0, 0.05) is 37.3 Å². The van der Waals surface area contributed by atoms with Crippen molar-refractivity contribution in [1.29, 1.82) is 0 Å². The zero-order valence-electron chi connectivity index (χ0n) is 9.78. The van der Waals surface area contributed by atoms with Gasteiger partial charge in [-0.15, -0.1) is 0 Å². The fraction of sp³-hybridized carbons (Fsp3) is 0.846. The smallest absolute Gasteiger partial charge is 0.0297 e. The third-order valence-electron chi connectivity index (χ3n) is 4.48. The van der Waals surface area contributed by atoms with Crippen molar-refractivity contribution in [2.75, 3.05) is 20.1 Å². The van der Waals surface area contributed by atoms with Gasteiger partial charge in [0.1, 0.15) is 0 Å². The Morgan fingerprint density at radius 2 is 1.93 bits per heavy atom. The van der Waals surface area contributed by atoms with Gasteiger partial charge < -0.3 is 4.90 Å². The Balaban J connectivity index is 1.79. The van der Waals surface area contributed by atoms with Crippen molar-refractivity contribution in [2.24, 2.45) is 0 Å². The normalized spacial score (nSPS) is 36.9. The van der Waals surface area contributed by atoms with Crippen molar-refractivity contribution < 1.29 is 0 Å². The number of piperidine rings is 1. The van der Waals surface area contributed by atoms with Crippen LogP contribution in [0.5, 0.6) is 0 Å². The molecule has 0 aromatic rings. The molecular weight excluding hydrogens is 184 g/mol. The fourth-order valence-electron chi connectivity index (χ4n) is 3.46. The van der Waals surface area contributed by atoms with Crippen LogP contribution in [-0.4, -0.2) is 42.0 Å². The second-order valence-corrected chi connectivity index (χ2v) is 5.37. The molecule has 0 saturated carbocycles. The van der Waals surface area contributed by atoms with E-state index in [2.05, 4.69) is 22.9 Å². The second-order valence-electron chi connectivity index (χ2n) is 5.37. The molecule has 15 heavy (non-hydrogen) atoms. The molecule has 3 heterocycles. The van der Waals surface area contributed by atoms with Gasteiger partial charge in [-0.05, 0) is 38.8 Å². The summed E-state index contributed by atoms with van der Waals surface area (Å²) in [4.78, 5) is 5.24. The van der Waals surface area contributed by atoms with Crippen molar-refractivity contribution in [3.8, 4) is 0 Å². The Hall–Kier alpha value is -0.500. The van der Waals surface area contributed by atoms with Gasteiger partial charge in [0.15, 0.2) is 0 Å². The van der Waals surface area contributed by atoms with E-state index >= 15 is 0 Å². The van der Waals surface area contributed by atoms with Crippen LogP contribution in [0.15, 0.2) is 11.8 Å². The van der Waals surface area contributed by atoms with Crippen LogP contribution < -0.4 is 0 Å². The summed E-state index contributed by atoms with van der Waals surface area (Å²) < 4.78 is 0. The van der Waals surface area contributed by atoms with E-state index in [9.17, 15) is 0 Å². The van der Waals surface area contributed by atoms with Crippen LogP contribution in [0.1, 0.15) is 38.5 Å². The summed E-state index contributed by atoms with van der Waals surface area (Å²) in [5.74, 6) is 0. The third kappa shape index (κ3) is 1.69. The van der Waals surface area contributed by atoms with E-state index in [0.717, 1.165) is 12.1 Å². The maximum absolute atomic E-state index is 2.64. The minimum atomic E-state index is 0.744. The molecule has 2 nitrogen and oxygen atoms in total. The second kappa shape index (κ2) is 3.82. The quantitative estimate of drug-likeness (QED) is 0.649. The minimum Gasteiger partial charge on any atom is -0.375 e.